The molecule has 0 spiro atoms. The smallest absolute Gasteiger partial charge is 0.193 e. The number of nitrogens with two attached hydrogens (primary N) is 1. The molecule has 0 aromatic carbocycles. The van der Waals surface area contributed by atoms with Gasteiger partial charge in [0.2, 0.25) is 0 Å². The van der Waals surface area contributed by atoms with Gasteiger partial charge >= 0.3 is 0 Å². The van der Waals surface area contributed by atoms with Gasteiger partial charge in [0.15, 0.2) is 5.16 Å². The van der Waals surface area contributed by atoms with E-state index in [0.717, 1.165) is 10.6 Å². The molecule has 0 saturated carbocycles. The summed E-state index contributed by atoms with van der Waals surface area (Å²) in [5.74, 6) is 0. The van der Waals surface area contributed by atoms with Gasteiger partial charge in [0.05, 0.1) is 5.69 Å². The highest BCUT2D eigenvalue weighted by Gasteiger charge is 2.04. The Bertz CT molecular complexity index is 455. The SMILES string of the molecule is Cc1cnc(Sc2ncccc2N)nc1. The highest BCUT2D eigenvalue weighted by molar-refractivity contribution is 7.99. The number of aryl methyl sites for hydroxylation is 1. The molecule has 2 rings (SSSR count). The summed E-state index contributed by atoms with van der Waals surface area (Å²) in [5, 5.41) is 1.40. The molecule has 2 heterocycles. The molecule has 0 atom stereocenters. The molecular weight excluding hydrogens is 208 g/mol. The summed E-state index contributed by atoms with van der Waals surface area (Å²) in [6, 6.07) is 3.61. The maximum absolute atomic E-state index is 5.76. The van der Waals surface area contributed by atoms with E-state index in [2.05, 4.69) is 15.0 Å². The Morgan fingerprint density at radius 2 is 1.93 bits per heavy atom. The minimum absolute atomic E-state index is 0.645. The number of rotatable bonds is 2. The summed E-state index contributed by atoms with van der Waals surface area (Å²) in [6.45, 7) is 1.95. The molecule has 0 radical (unpaired) electrons. The number of hydrogen-bond donors (Lipinski definition) is 1. The van der Waals surface area contributed by atoms with Gasteiger partial charge < -0.3 is 5.73 Å². The first-order valence-corrected chi connectivity index (χ1v) is 5.24. The van der Waals surface area contributed by atoms with Crippen molar-refractivity contribution in [2.75, 3.05) is 5.73 Å². The van der Waals surface area contributed by atoms with Crippen LogP contribution in [-0.2, 0) is 0 Å². The molecule has 2 N–H and O–H groups in total. The zero-order valence-corrected chi connectivity index (χ0v) is 9.03. The minimum atomic E-state index is 0.645. The lowest BCUT2D eigenvalue weighted by Crippen LogP contribution is -1.92. The van der Waals surface area contributed by atoms with E-state index in [1.165, 1.54) is 11.8 Å². The first-order chi connectivity index (χ1) is 7.25. The Morgan fingerprint density at radius 1 is 1.20 bits per heavy atom. The van der Waals surface area contributed by atoms with Gasteiger partial charge in [0.1, 0.15) is 5.03 Å². The molecular formula is C10H10N4S. The zero-order chi connectivity index (χ0) is 10.7. The highest BCUT2D eigenvalue weighted by Crippen LogP contribution is 2.26. The summed E-state index contributed by atoms with van der Waals surface area (Å²) < 4.78 is 0. The second-order valence-corrected chi connectivity index (χ2v) is 4.00. The van der Waals surface area contributed by atoms with Gasteiger partial charge in [-0.2, -0.15) is 0 Å². The van der Waals surface area contributed by atoms with Gasteiger partial charge in [-0.1, -0.05) is 0 Å². The molecule has 0 aliphatic heterocycles. The molecule has 0 fully saturated rings. The van der Waals surface area contributed by atoms with Crippen LogP contribution < -0.4 is 5.73 Å². The van der Waals surface area contributed by atoms with Gasteiger partial charge in [0.25, 0.3) is 0 Å². The second kappa shape index (κ2) is 4.27. The average molecular weight is 218 g/mol. The van der Waals surface area contributed by atoms with E-state index in [0.29, 0.717) is 10.8 Å². The molecule has 4 nitrogen and oxygen atoms in total. The first-order valence-electron chi connectivity index (χ1n) is 4.43. The second-order valence-electron chi connectivity index (χ2n) is 3.04. The van der Waals surface area contributed by atoms with Crippen LogP contribution in [0, 0.1) is 6.92 Å². The van der Waals surface area contributed by atoms with E-state index in [9.17, 15) is 0 Å². The van der Waals surface area contributed by atoms with Crippen LogP contribution in [-0.4, -0.2) is 15.0 Å². The summed E-state index contributed by atoms with van der Waals surface area (Å²) >= 11 is 1.36. The molecule has 15 heavy (non-hydrogen) atoms. The van der Waals surface area contributed by atoms with Crippen LogP contribution in [0.4, 0.5) is 5.69 Å². The molecule has 5 heteroatoms. The third-order valence-electron chi connectivity index (χ3n) is 1.75. The molecule has 0 aliphatic carbocycles. The fourth-order valence-corrected chi connectivity index (χ4v) is 1.69. The highest BCUT2D eigenvalue weighted by atomic mass is 32.2. The quantitative estimate of drug-likeness (QED) is 0.780. The number of hydrogen-bond acceptors (Lipinski definition) is 5. The number of pyridine rings is 1. The standard InChI is InChI=1S/C10H10N4S/c1-7-5-13-10(14-6-7)15-9-8(11)3-2-4-12-9/h2-6H,11H2,1H3. The average Bonchev–Trinajstić information content (AvgIpc) is 2.25. The van der Waals surface area contributed by atoms with Crippen molar-refractivity contribution in [2.24, 2.45) is 0 Å². The van der Waals surface area contributed by atoms with Crippen molar-refractivity contribution in [1.29, 1.82) is 0 Å². The van der Waals surface area contributed by atoms with Gasteiger partial charge in [-0.15, -0.1) is 0 Å². The molecule has 2 aromatic rings. The largest absolute Gasteiger partial charge is 0.397 e. The summed E-state index contributed by atoms with van der Waals surface area (Å²) in [5.41, 5.74) is 7.44. The molecule has 76 valence electrons. The van der Waals surface area contributed by atoms with E-state index >= 15 is 0 Å². The predicted molar refractivity (Wildman–Crippen MR) is 59.5 cm³/mol. The van der Waals surface area contributed by atoms with E-state index in [-0.39, 0.29) is 0 Å². The minimum Gasteiger partial charge on any atom is -0.397 e. The van der Waals surface area contributed by atoms with Crippen molar-refractivity contribution >= 4 is 17.4 Å². The molecule has 0 unspecified atom stereocenters. The van der Waals surface area contributed by atoms with Crippen molar-refractivity contribution in [3.05, 3.63) is 36.3 Å². The van der Waals surface area contributed by atoms with Gasteiger partial charge in [0, 0.05) is 18.6 Å². The van der Waals surface area contributed by atoms with Crippen molar-refractivity contribution in [3.8, 4) is 0 Å². The fraction of sp³-hybridized carbons (Fsp3) is 0.100. The van der Waals surface area contributed by atoms with Crippen molar-refractivity contribution in [1.82, 2.24) is 15.0 Å². The third-order valence-corrected chi connectivity index (χ3v) is 2.67. The first kappa shape index (κ1) is 9.92. The number of nitrogen functional groups attached to an aromatic ring is 1. The summed E-state index contributed by atoms with van der Waals surface area (Å²) in [6.07, 6.45) is 5.25. The summed E-state index contributed by atoms with van der Waals surface area (Å²) in [7, 11) is 0. The Morgan fingerprint density at radius 3 is 2.60 bits per heavy atom. The maximum atomic E-state index is 5.76. The van der Waals surface area contributed by atoms with Crippen LogP contribution in [0.5, 0.6) is 0 Å². The molecule has 0 amide bonds. The van der Waals surface area contributed by atoms with Crippen molar-refractivity contribution < 1.29 is 0 Å². The van der Waals surface area contributed by atoms with Crippen LogP contribution in [0.1, 0.15) is 5.56 Å². The lowest BCUT2D eigenvalue weighted by molar-refractivity contribution is 0.945. The Kier molecular flexibility index (Phi) is 2.82. The van der Waals surface area contributed by atoms with Crippen molar-refractivity contribution in [2.45, 2.75) is 17.1 Å². The molecule has 0 aliphatic rings. The Balaban J connectivity index is 2.22. The maximum Gasteiger partial charge on any atom is 0.193 e. The van der Waals surface area contributed by atoms with E-state index < -0.39 is 0 Å². The van der Waals surface area contributed by atoms with Gasteiger partial charge in [-0.3, -0.25) is 0 Å². The lowest BCUT2D eigenvalue weighted by Gasteiger charge is -2.01. The summed E-state index contributed by atoms with van der Waals surface area (Å²) in [4.78, 5) is 12.5. The lowest BCUT2D eigenvalue weighted by atomic mass is 10.4. The number of aromatic nitrogens is 3. The Labute approximate surface area is 92.0 Å². The van der Waals surface area contributed by atoms with E-state index in [1.807, 2.05) is 13.0 Å². The van der Waals surface area contributed by atoms with Crippen LogP contribution >= 0.6 is 11.8 Å². The van der Waals surface area contributed by atoms with Crippen LogP contribution in [0.2, 0.25) is 0 Å². The molecule has 0 bridgehead atoms. The number of anilines is 1. The Hall–Kier alpha value is -1.62. The molecule has 0 saturated heterocycles. The van der Waals surface area contributed by atoms with Crippen LogP contribution in [0.25, 0.3) is 0 Å². The topological polar surface area (TPSA) is 64.7 Å². The number of nitrogens with zero attached hydrogens (tertiary/aromatic N) is 3. The van der Waals surface area contributed by atoms with Gasteiger partial charge in [-0.25, -0.2) is 15.0 Å². The molecule has 2 aromatic heterocycles. The normalized spacial score (nSPS) is 10.2. The fourth-order valence-electron chi connectivity index (χ4n) is 1.01. The zero-order valence-electron chi connectivity index (χ0n) is 8.21. The monoisotopic (exact) mass is 218 g/mol. The predicted octanol–water partition coefficient (Wildman–Crippen LogP) is 1.91. The van der Waals surface area contributed by atoms with Gasteiger partial charge in [-0.05, 0) is 36.4 Å². The van der Waals surface area contributed by atoms with Crippen LogP contribution in [0.3, 0.4) is 0 Å². The third kappa shape index (κ3) is 2.44. The van der Waals surface area contributed by atoms with Crippen LogP contribution in [0.15, 0.2) is 40.9 Å². The van der Waals surface area contributed by atoms with E-state index in [1.54, 1.807) is 24.7 Å². The van der Waals surface area contributed by atoms with E-state index in [4.69, 9.17) is 5.73 Å². The van der Waals surface area contributed by atoms with Crippen molar-refractivity contribution in [3.63, 3.8) is 0 Å².